The van der Waals surface area contributed by atoms with E-state index in [4.69, 9.17) is 5.73 Å². The zero-order valence-corrected chi connectivity index (χ0v) is 13.9. The van der Waals surface area contributed by atoms with Crippen LogP contribution in [0.15, 0.2) is 45.2 Å². The molecule has 132 valence electrons. The van der Waals surface area contributed by atoms with Crippen molar-refractivity contribution >= 4 is 11.5 Å². The van der Waals surface area contributed by atoms with Crippen molar-refractivity contribution in [1.82, 2.24) is 9.13 Å². The van der Waals surface area contributed by atoms with Crippen molar-refractivity contribution < 1.29 is 4.92 Å². The smallest absolute Gasteiger partial charge is 0.332 e. The first-order valence-electron chi connectivity index (χ1n) is 7.49. The van der Waals surface area contributed by atoms with E-state index in [0.29, 0.717) is 5.56 Å². The molecular weight excluding hydrogens is 340 g/mol. The van der Waals surface area contributed by atoms with Gasteiger partial charge in [0.15, 0.2) is 0 Å². The molecule has 0 saturated carbocycles. The third kappa shape index (κ3) is 2.34. The van der Waals surface area contributed by atoms with Crippen molar-refractivity contribution in [3.8, 4) is 6.07 Å². The van der Waals surface area contributed by atoms with Crippen molar-refractivity contribution in [2.75, 3.05) is 5.32 Å². The molecule has 0 bridgehead atoms. The Kier molecular flexibility index (Phi) is 3.84. The van der Waals surface area contributed by atoms with E-state index in [2.05, 4.69) is 5.32 Å². The number of hydrogen-bond acceptors (Lipinski definition) is 7. The highest BCUT2D eigenvalue weighted by atomic mass is 16.6. The molecule has 1 aliphatic rings. The molecule has 2 aromatic rings. The molecule has 0 fully saturated rings. The molecule has 1 aliphatic heterocycles. The molecule has 10 nitrogen and oxygen atoms in total. The van der Waals surface area contributed by atoms with Crippen molar-refractivity contribution in [2.24, 2.45) is 19.8 Å². The monoisotopic (exact) mass is 354 g/mol. The molecule has 0 radical (unpaired) electrons. The Bertz CT molecular complexity index is 1130. The number of allylic oxidation sites excluding steroid dienone is 1. The van der Waals surface area contributed by atoms with Gasteiger partial charge in [0, 0.05) is 26.2 Å². The van der Waals surface area contributed by atoms with Crippen LogP contribution in [0, 0.1) is 21.4 Å². The molecule has 0 unspecified atom stereocenters. The largest absolute Gasteiger partial charge is 0.384 e. The molecule has 0 spiro atoms. The fourth-order valence-electron chi connectivity index (χ4n) is 3.05. The fraction of sp³-hybridized carbons (Fsp3) is 0.188. The van der Waals surface area contributed by atoms with E-state index in [0.717, 1.165) is 4.57 Å². The SMILES string of the molecule is Cn1c2c(c(=O)n(C)c1=O)[C@@H](c1cccc([N+](=O)[O-])c1)C(C#N)=C(N)N2. The number of hydrogen-bond donors (Lipinski definition) is 2. The molecule has 2 heterocycles. The lowest BCUT2D eigenvalue weighted by molar-refractivity contribution is -0.384. The van der Waals surface area contributed by atoms with E-state index >= 15 is 0 Å². The van der Waals surface area contributed by atoms with Gasteiger partial charge in [-0.05, 0) is 5.56 Å². The Morgan fingerprint density at radius 3 is 2.62 bits per heavy atom. The highest BCUT2D eigenvalue weighted by molar-refractivity contribution is 5.64. The first-order valence-corrected chi connectivity index (χ1v) is 7.49. The van der Waals surface area contributed by atoms with E-state index in [-0.39, 0.29) is 28.5 Å². The van der Waals surface area contributed by atoms with Gasteiger partial charge < -0.3 is 11.1 Å². The number of nitro groups is 1. The van der Waals surface area contributed by atoms with Gasteiger partial charge in [-0.2, -0.15) is 5.26 Å². The third-order valence-electron chi connectivity index (χ3n) is 4.35. The summed E-state index contributed by atoms with van der Waals surface area (Å²) in [4.78, 5) is 35.5. The minimum atomic E-state index is -0.929. The fourth-order valence-corrected chi connectivity index (χ4v) is 3.05. The number of rotatable bonds is 2. The summed E-state index contributed by atoms with van der Waals surface area (Å²) < 4.78 is 2.13. The Morgan fingerprint density at radius 2 is 2.00 bits per heavy atom. The zero-order chi connectivity index (χ0) is 19.2. The summed E-state index contributed by atoms with van der Waals surface area (Å²) >= 11 is 0. The van der Waals surface area contributed by atoms with E-state index in [1.54, 1.807) is 6.07 Å². The highest BCUT2D eigenvalue weighted by Crippen LogP contribution is 2.38. The Hall–Kier alpha value is -3.87. The van der Waals surface area contributed by atoms with Crippen LogP contribution in [0.2, 0.25) is 0 Å². The predicted molar refractivity (Wildman–Crippen MR) is 92.3 cm³/mol. The number of benzene rings is 1. The number of nitrogens with zero attached hydrogens (tertiary/aromatic N) is 4. The number of nitro benzene ring substituents is 1. The summed E-state index contributed by atoms with van der Waals surface area (Å²) in [6.45, 7) is 0. The van der Waals surface area contributed by atoms with Crippen LogP contribution in [0.25, 0.3) is 0 Å². The number of nitrogens with two attached hydrogens (primary N) is 1. The summed E-state index contributed by atoms with van der Waals surface area (Å²) in [6, 6.07) is 7.59. The second-order valence-corrected chi connectivity index (χ2v) is 5.82. The normalized spacial score (nSPS) is 15.8. The van der Waals surface area contributed by atoms with Crippen LogP contribution >= 0.6 is 0 Å². The molecule has 1 atom stereocenters. The number of nitrogens with one attached hydrogen (secondary N) is 1. The second kappa shape index (κ2) is 5.89. The number of aromatic nitrogens is 2. The lowest BCUT2D eigenvalue weighted by atomic mass is 9.83. The molecule has 1 aromatic heterocycles. The van der Waals surface area contributed by atoms with Crippen LogP contribution in [0.5, 0.6) is 0 Å². The molecule has 3 rings (SSSR count). The minimum absolute atomic E-state index is 0.0141. The van der Waals surface area contributed by atoms with Crippen molar-refractivity contribution in [2.45, 2.75) is 5.92 Å². The molecule has 3 N–H and O–H groups in total. The van der Waals surface area contributed by atoms with Gasteiger partial charge in [0.2, 0.25) is 0 Å². The zero-order valence-electron chi connectivity index (χ0n) is 13.9. The van der Waals surface area contributed by atoms with Gasteiger partial charge in [0.1, 0.15) is 11.6 Å². The standard InChI is InChI=1S/C16H14N6O4/c1-20-14-12(15(23)21(2)16(20)24)11(10(7-17)13(18)19-14)8-4-3-5-9(6-8)22(25)26/h3-6,11,19H,18H2,1-2H3/t11-/m0/s1. The Morgan fingerprint density at radius 1 is 1.31 bits per heavy atom. The van der Waals surface area contributed by atoms with Gasteiger partial charge in [0.25, 0.3) is 11.2 Å². The van der Waals surface area contributed by atoms with Crippen LogP contribution in [0.1, 0.15) is 17.0 Å². The van der Waals surface area contributed by atoms with Crippen LogP contribution in [-0.2, 0) is 14.1 Å². The van der Waals surface area contributed by atoms with E-state index in [9.17, 15) is 25.0 Å². The van der Waals surface area contributed by atoms with Gasteiger partial charge in [0.05, 0.1) is 28.0 Å². The maximum Gasteiger partial charge on any atom is 0.332 e. The Balaban J connectivity index is 2.41. The number of non-ortho nitro benzene ring substituents is 1. The van der Waals surface area contributed by atoms with Crippen LogP contribution < -0.4 is 22.3 Å². The number of anilines is 1. The van der Waals surface area contributed by atoms with Gasteiger partial charge in [-0.3, -0.25) is 24.0 Å². The number of fused-ring (bicyclic) bond motifs is 1. The van der Waals surface area contributed by atoms with E-state index in [1.807, 2.05) is 6.07 Å². The molecule has 10 heteroatoms. The maximum absolute atomic E-state index is 12.8. The van der Waals surface area contributed by atoms with E-state index < -0.39 is 22.1 Å². The lowest BCUT2D eigenvalue weighted by Gasteiger charge is -2.28. The molecule has 0 saturated heterocycles. The number of nitriles is 1. The highest BCUT2D eigenvalue weighted by Gasteiger charge is 2.34. The topological polar surface area (TPSA) is 149 Å². The summed E-state index contributed by atoms with van der Waals surface area (Å²) in [7, 11) is 2.78. The van der Waals surface area contributed by atoms with Crippen LogP contribution in [-0.4, -0.2) is 14.1 Å². The third-order valence-corrected chi connectivity index (χ3v) is 4.35. The van der Waals surface area contributed by atoms with Gasteiger partial charge in [-0.1, -0.05) is 12.1 Å². The molecule has 0 amide bonds. The summed E-state index contributed by atoms with van der Waals surface area (Å²) in [5.74, 6) is -0.785. The van der Waals surface area contributed by atoms with Gasteiger partial charge in [-0.25, -0.2) is 4.79 Å². The lowest BCUT2D eigenvalue weighted by Crippen LogP contribution is -2.43. The molecule has 26 heavy (non-hydrogen) atoms. The van der Waals surface area contributed by atoms with Crippen molar-refractivity contribution in [3.05, 3.63) is 77.7 Å². The van der Waals surface area contributed by atoms with Crippen molar-refractivity contribution in [1.29, 1.82) is 5.26 Å². The summed E-state index contributed by atoms with van der Waals surface area (Å²) in [5.41, 5.74) is 5.11. The summed E-state index contributed by atoms with van der Waals surface area (Å²) in [5, 5.41) is 23.4. The first-order chi connectivity index (χ1) is 12.3. The van der Waals surface area contributed by atoms with Crippen LogP contribution in [0.4, 0.5) is 11.5 Å². The van der Waals surface area contributed by atoms with Crippen molar-refractivity contribution in [3.63, 3.8) is 0 Å². The molecule has 1 aromatic carbocycles. The van der Waals surface area contributed by atoms with Crippen LogP contribution in [0.3, 0.4) is 0 Å². The van der Waals surface area contributed by atoms with E-state index in [1.165, 1.54) is 36.9 Å². The summed E-state index contributed by atoms with van der Waals surface area (Å²) in [6.07, 6.45) is 0. The molecule has 0 aliphatic carbocycles. The predicted octanol–water partition coefficient (Wildman–Crippen LogP) is 0.243. The Labute approximate surface area is 146 Å². The average molecular weight is 354 g/mol. The van der Waals surface area contributed by atoms with Gasteiger partial charge >= 0.3 is 5.69 Å². The molecular formula is C16H14N6O4. The quantitative estimate of drug-likeness (QED) is 0.579. The van der Waals surface area contributed by atoms with Gasteiger partial charge in [-0.15, -0.1) is 0 Å². The maximum atomic E-state index is 12.8. The minimum Gasteiger partial charge on any atom is -0.384 e. The first kappa shape index (κ1) is 17.0. The second-order valence-electron chi connectivity index (χ2n) is 5.82. The average Bonchev–Trinajstić information content (AvgIpc) is 2.63.